The first-order valence-corrected chi connectivity index (χ1v) is 4.73. The molecule has 0 amide bonds. The molecule has 1 rings (SSSR count). The fourth-order valence-electron chi connectivity index (χ4n) is 0.783. The molecule has 1 aromatic rings. The van der Waals surface area contributed by atoms with Crippen LogP contribution < -0.4 is 0 Å². The van der Waals surface area contributed by atoms with E-state index in [1.807, 2.05) is 6.26 Å². The van der Waals surface area contributed by atoms with E-state index in [-0.39, 0.29) is 0 Å². The van der Waals surface area contributed by atoms with Crippen molar-refractivity contribution >= 4 is 18.0 Å². The standard InChI is InChI=1S/C8H7N3OS/c1-9-7(5-12)6-3-4-10-8(11-6)13-2/h3-5,7H,2H3. The van der Waals surface area contributed by atoms with Crippen LogP contribution >= 0.6 is 11.8 Å². The van der Waals surface area contributed by atoms with Gasteiger partial charge in [-0.25, -0.2) is 16.5 Å². The number of hydrogen-bond donors (Lipinski definition) is 0. The van der Waals surface area contributed by atoms with Crippen LogP contribution in [0, 0.1) is 6.57 Å². The van der Waals surface area contributed by atoms with Crippen LogP contribution in [0.5, 0.6) is 0 Å². The molecule has 1 aromatic heterocycles. The van der Waals surface area contributed by atoms with Crippen molar-refractivity contribution in [2.45, 2.75) is 11.2 Å². The summed E-state index contributed by atoms with van der Waals surface area (Å²) in [5.41, 5.74) is 0.462. The van der Waals surface area contributed by atoms with Crippen molar-refractivity contribution < 1.29 is 4.79 Å². The van der Waals surface area contributed by atoms with E-state index in [9.17, 15) is 4.79 Å². The zero-order chi connectivity index (χ0) is 9.68. The molecule has 0 aliphatic heterocycles. The lowest BCUT2D eigenvalue weighted by molar-refractivity contribution is -0.108. The second-order valence-electron chi connectivity index (χ2n) is 2.18. The van der Waals surface area contributed by atoms with Gasteiger partial charge in [0, 0.05) is 6.20 Å². The summed E-state index contributed by atoms with van der Waals surface area (Å²) in [6, 6.07) is 0.783. The first kappa shape index (κ1) is 9.68. The van der Waals surface area contributed by atoms with Crippen LogP contribution in [0.25, 0.3) is 4.85 Å². The molecule has 1 unspecified atom stereocenters. The minimum Gasteiger partial charge on any atom is -0.299 e. The van der Waals surface area contributed by atoms with Gasteiger partial charge in [-0.3, -0.25) is 9.64 Å². The Morgan fingerprint density at radius 2 is 2.54 bits per heavy atom. The third-order valence-corrected chi connectivity index (χ3v) is 1.97. The zero-order valence-electron chi connectivity index (χ0n) is 6.97. The molecule has 0 bridgehead atoms. The number of nitrogens with zero attached hydrogens (tertiary/aromatic N) is 3. The first-order chi connectivity index (χ1) is 6.31. The molecule has 0 aliphatic carbocycles. The molecule has 13 heavy (non-hydrogen) atoms. The summed E-state index contributed by atoms with van der Waals surface area (Å²) in [6.07, 6.45) is 3.97. The third-order valence-electron chi connectivity index (χ3n) is 1.41. The number of aldehydes is 1. The van der Waals surface area contributed by atoms with Gasteiger partial charge in [0.15, 0.2) is 5.16 Å². The largest absolute Gasteiger partial charge is 0.319 e. The maximum absolute atomic E-state index is 10.5. The Kier molecular flexibility index (Phi) is 3.41. The van der Waals surface area contributed by atoms with E-state index in [4.69, 9.17) is 6.57 Å². The van der Waals surface area contributed by atoms with Gasteiger partial charge in [-0.05, 0) is 12.3 Å². The molecule has 0 aliphatic rings. The third kappa shape index (κ3) is 2.26. The zero-order valence-corrected chi connectivity index (χ0v) is 7.78. The Morgan fingerprint density at radius 3 is 3.08 bits per heavy atom. The summed E-state index contributed by atoms with van der Waals surface area (Å²) in [5, 5.41) is 0.577. The number of aromatic nitrogens is 2. The van der Waals surface area contributed by atoms with E-state index in [1.165, 1.54) is 11.8 Å². The molecule has 1 atom stereocenters. The lowest BCUT2D eigenvalue weighted by Crippen LogP contribution is -1.99. The summed E-state index contributed by atoms with van der Waals surface area (Å²) in [4.78, 5) is 21.6. The number of carbonyl (C=O) groups is 1. The van der Waals surface area contributed by atoms with Crippen LogP contribution in [0.4, 0.5) is 0 Å². The van der Waals surface area contributed by atoms with Crippen molar-refractivity contribution in [2.24, 2.45) is 0 Å². The van der Waals surface area contributed by atoms with Gasteiger partial charge < -0.3 is 0 Å². The highest BCUT2D eigenvalue weighted by molar-refractivity contribution is 7.98. The highest BCUT2D eigenvalue weighted by Gasteiger charge is 2.15. The Bertz CT molecular complexity index is 347. The maximum Gasteiger partial charge on any atom is 0.319 e. The fourth-order valence-corrected chi connectivity index (χ4v) is 1.15. The normalized spacial score (nSPS) is 11.7. The predicted molar refractivity (Wildman–Crippen MR) is 49.2 cm³/mol. The van der Waals surface area contributed by atoms with Gasteiger partial charge in [0.2, 0.25) is 6.29 Å². The minimum atomic E-state index is -0.797. The molecule has 0 fully saturated rings. The van der Waals surface area contributed by atoms with Gasteiger partial charge >= 0.3 is 6.04 Å². The molecular weight excluding hydrogens is 186 g/mol. The molecule has 66 valence electrons. The quantitative estimate of drug-likeness (QED) is 0.315. The van der Waals surface area contributed by atoms with Crippen molar-refractivity contribution in [3.8, 4) is 0 Å². The summed E-state index contributed by atoms with van der Waals surface area (Å²) in [6.45, 7) is 6.75. The number of thioether (sulfide) groups is 1. The lowest BCUT2D eigenvalue weighted by Gasteiger charge is -1.98. The molecule has 0 saturated carbocycles. The highest BCUT2D eigenvalue weighted by atomic mass is 32.2. The van der Waals surface area contributed by atoms with Gasteiger partial charge in [-0.2, -0.15) is 0 Å². The van der Waals surface area contributed by atoms with Crippen molar-refractivity contribution in [2.75, 3.05) is 6.26 Å². The Morgan fingerprint density at radius 1 is 1.77 bits per heavy atom. The van der Waals surface area contributed by atoms with E-state index in [2.05, 4.69) is 14.8 Å². The minimum absolute atomic E-state index is 0.462. The second kappa shape index (κ2) is 4.58. The maximum atomic E-state index is 10.5. The lowest BCUT2D eigenvalue weighted by atomic mass is 10.2. The Balaban J connectivity index is 3.01. The fraction of sp³-hybridized carbons (Fsp3) is 0.250. The number of rotatable bonds is 3. The van der Waals surface area contributed by atoms with Crippen molar-refractivity contribution in [3.05, 3.63) is 29.4 Å². The van der Waals surface area contributed by atoms with Crippen LogP contribution in [-0.4, -0.2) is 22.5 Å². The van der Waals surface area contributed by atoms with Crippen molar-refractivity contribution in [3.63, 3.8) is 0 Å². The summed E-state index contributed by atoms with van der Waals surface area (Å²) < 4.78 is 0. The summed E-state index contributed by atoms with van der Waals surface area (Å²) in [7, 11) is 0. The average Bonchev–Trinajstić information content (AvgIpc) is 2.20. The molecular formula is C8H7N3OS. The van der Waals surface area contributed by atoms with Gasteiger partial charge in [0.05, 0.1) is 0 Å². The Labute approximate surface area is 80.2 Å². The smallest absolute Gasteiger partial charge is 0.299 e. The predicted octanol–water partition coefficient (Wildman–Crippen LogP) is 1.36. The van der Waals surface area contributed by atoms with E-state index in [0.717, 1.165) is 0 Å². The van der Waals surface area contributed by atoms with Gasteiger partial charge in [-0.1, -0.05) is 11.8 Å². The van der Waals surface area contributed by atoms with E-state index in [1.54, 1.807) is 12.3 Å². The molecule has 0 aromatic carbocycles. The van der Waals surface area contributed by atoms with E-state index >= 15 is 0 Å². The van der Waals surface area contributed by atoms with Crippen LogP contribution in [0.15, 0.2) is 17.4 Å². The van der Waals surface area contributed by atoms with Crippen LogP contribution in [0.1, 0.15) is 11.7 Å². The molecule has 0 spiro atoms. The monoisotopic (exact) mass is 193 g/mol. The van der Waals surface area contributed by atoms with Crippen LogP contribution in [0.2, 0.25) is 0 Å². The molecule has 4 nitrogen and oxygen atoms in total. The van der Waals surface area contributed by atoms with Crippen LogP contribution in [0.3, 0.4) is 0 Å². The topological polar surface area (TPSA) is 47.2 Å². The summed E-state index contributed by atoms with van der Waals surface area (Å²) in [5.74, 6) is 0. The highest BCUT2D eigenvalue weighted by Crippen LogP contribution is 2.14. The van der Waals surface area contributed by atoms with Crippen molar-refractivity contribution in [1.29, 1.82) is 0 Å². The van der Waals surface area contributed by atoms with Gasteiger partial charge in [0.1, 0.15) is 5.69 Å². The number of hydrogen-bond acceptors (Lipinski definition) is 4. The van der Waals surface area contributed by atoms with Crippen molar-refractivity contribution in [1.82, 2.24) is 9.97 Å². The molecule has 0 radical (unpaired) electrons. The van der Waals surface area contributed by atoms with E-state index in [0.29, 0.717) is 17.1 Å². The van der Waals surface area contributed by atoms with E-state index < -0.39 is 6.04 Å². The first-order valence-electron chi connectivity index (χ1n) is 3.50. The van der Waals surface area contributed by atoms with Gasteiger partial charge in [-0.15, -0.1) is 0 Å². The molecule has 1 heterocycles. The second-order valence-corrected chi connectivity index (χ2v) is 2.95. The Hall–Kier alpha value is -1.41. The number of carbonyl (C=O) groups excluding carboxylic acids is 1. The van der Waals surface area contributed by atoms with Crippen LogP contribution in [-0.2, 0) is 4.79 Å². The SMILES string of the molecule is [C-]#[N+]C(C=O)c1ccnc(SC)n1. The molecule has 0 N–H and O–H groups in total. The summed E-state index contributed by atoms with van der Waals surface area (Å²) >= 11 is 1.38. The van der Waals surface area contributed by atoms with Gasteiger partial charge in [0.25, 0.3) is 0 Å². The molecule has 5 heteroatoms. The molecule has 0 saturated heterocycles. The average molecular weight is 193 g/mol.